The Balaban J connectivity index is 1.51. The number of carboxylic acids is 2. The number of benzene rings is 3. The molecule has 20 heteroatoms. The molecule has 5 atom stereocenters. The minimum atomic E-state index is -1.75. The van der Waals surface area contributed by atoms with E-state index < -0.39 is 97.1 Å². The molecule has 0 aliphatic carbocycles. The maximum Gasteiger partial charge on any atom is 0.322 e. The molecule has 6 amide bonds. The number of thioether (sulfide) groups is 1. The minimum absolute atomic E-state index is 0.0110. The lowest BCUT2D eigenvalue weighted by Gasteiger charge is -2.26. The Hall–Kier alpha value is -6.93. The number of carbonyl (C=O) groups is 8. The summed E-state index contributed by atoms with van der Waals surface area (Å²) in [5.74, 6) is -7.51. The molecular weight excluding hydrogens is 825 g/mol. The number of hydrogen-bond acceptors (Lipinski definition) is 11. The van der Waals surface area contributed by atoms with Gasteiger partial charge in [-0.05, 0) is 59.7 Å². The smallest absolute Gasteiger partial charge is 0.322 e. The summed E-state index contributed by atoms with van der Waals surface area (Å²) in [4.78, 5) is 107. The second-order valence-corrected chi connectivity index (χ2v) is 15.2. The lowest BCUT2D eigenvalue weighted by atomic mass is 10.0. The summed E-state index contributed by atoms with van der Waals surface area (Å²) < 4.78 is 0. The number of hydrogen-bond donors (Lipinski definition) is 11. The number of aromatic amines is 1. The molecule has 0 saturated heterocycles. The molecule has 0 radical (unpaired) electrons. The third-order valence-corrected chi connectivity index (χ3v) is 10.1. The topological polar surface area (TPSA) is 311 Å². The first-order valence-corrected chi connectivity index (χ1v) is 20.8. The summed E-state index contributed by atoms with van der Waals surface area (Å²) in [6.45, 7) is -1.31. The van der Waals surface area contributed by atoms with Gasteiger partial charge in [-0.15, -0.1) is 0 Å². The molecule has 0 bridgehead atoms. The van der Waals surface area contributed by atoms with Crippen LogP contribution in [0.25, 0.3) is 10.9 Å². The van der Waals surface area contributed by atoms with Crippen LogP contribution in [-0.4, -0.2) is 123 Å². The monoisotopic (exact) mass is 874 g/mol. The van der Waals surface area contributed by atoms with Gasteiger partial charge in [-0.2, -0.15) is 11.8 Å². The van der Waals surface area contributed by atoms with Gasteiger partial charge in [0.15, 0.2) is 0 Å². The summed E-state index contributed by atoms with van der Waals surface area (Å²) in [5.41, 5.74) is 8.71. The van der Waals surface area contributed by atoms with E-state index in [1.165, 1.54) is 23.9 Å². The number of fused-ring (bicyclic) bond motifs is 1. The number of H-pyrrole nitrogens is 1. The van der Waals surface area contributed by atoms with E-state index in [2.05, 4.69) is 36.9 Å². The number of para-hydroxylation sites is 1. The van der Waals surface area contributed by atoms with E-state index in [0.29, 0.717) is 22.4 Å². The maximum absolute atomic E-state index is 14.1. The molecule has 330 valence electrons. The molecule has 1 heterocycles. The van der Waals surface area contributed by atoms with Crippen LogP contribution in [0.3, 0.4) is 0 Å². The quantitative estimate of drug-likeness (QED) is 0.0432. The summed E-state index contributed by atoms with van der Waals surface area (Å²) in [6, 6.07) is 15.0. The Morgan fingerprint density at radius 1 is 0.629 bits per heavy atom. The van der Waals surface area contributed by atoms with Crippen molar-refractivity contribution in [3.05, 3.63) is 102 Å². The number of amides is 6. The molecule has 0 spiro atoms. The van der Waals surface area contributed by atoms with E-state index in [1.807, 2.05) is 18.2 Å². The molecule has 62 heavy (non-hydrogen) atoms. The van der Waals surface area contributed by atoms with Crippen LogP contribution in [0.2, 0.25) is 0 Å². The van der Waals surface area contributed by atoms with Gasteiger partial charge in [0, 0.05) is 29.9 Å². The third kappa shape index (κ3) is 15.3. The van der Waals surface area contributed by atoms with Crippen molar-refractivity contribution in [1.82, 2.24) is 36.9 Å². The highest BCUT2D eigenvalue weighted by molar-refractivity contribution is 7.98. The van der Waals surface area contributed by atoms with Gasteiger partial charge in [0.25, 0.3) is 0 Å². The Kier molecular flexibility index (Phi) is 18.3. The molecular formula is C42H50N8O11S. The average molecular weight is 875 g/mol. The van der Waals surface area contributed by atoms with Crippen LogP contribution < -0.4 is 37.6 Å². The van der Waals surface area contributed by atoms with Gasteiger partial charge in [0.05, 0.1) is 19.0 Å². The van der Waals surface area contributed by atoms with Crippen molar-refractivity contribution in [2.45, 2.75) is 62.3 Å². The molecule has 4 aromatic rings. The highest BCUT2D eigenvalue weighted by Crippen LogP contribution is 2.19. The van der Waals surface area contributed by atoms with Gasteiger partial charge < -0.3 is 57.9 Å². The number of carboxylic acid groups (broad SMARTS) is 2. The largest absolute Gasteiger partial charge is 0.508 e. The van der Waals surface area contributed by atoms with Crippen LogP contribution >= 0.6 is 11.8 Å². The highest BCUT2D eigenvalue weighted by Gasteiger charge is 2.33. The van der Waals surface area contributed by atoms with Gasteiger partial charge in [-0.3, -0.25) is 38.4 Å². The fraction of sp³-hybridized carbons (Fsp3) is 0.333. The number of phenolic OH excluding ortho intramolecular Hbond substituents is 1. The number of phenols is 1. The molecule has 19 nitrogen and oxygen atoms in total. The van der Waals surface area contributed by atoms with Crippen LogP contribution in [0.1, 0.15) is 29.5 Å². The number of aromatic nitrogens is 1. The molecule has 3 aromatic carbocycles. The number of nitrogens with two attached hydrogens (primary N) is 1. The molecule has 4 rings (SSSR count). The van der Waals surface area contributed by atoms with Gasteiger partial charge >= 0.3 is 11.9 Å². The standard InChI is InChI=1S/C42H50N8O11S/c1-62-16-15-31(40(59)50-34(20-36(53)54)42(61)49-32(39(58)46-23-37(55)56)18-24-7-3-2-4-8-24)48-41(60)33(19-26-21-44-30-10-6-5-9-28(26)30)47-35(52)22-45-38(57)29(43)17-25-11-13-27(51)14-12-25/h2-14,21,29,31-34,44,51H,15-20,22-23,43H2,1H3,(H,45,57)(H,46,58)(H,47,52)(H,48,60)(H,49,61)(H,50,59)(H,53,54)(H,55,56)/t29-,31-,32-,33-,34-/m0/s1. The van der Waals surface area contributed by atoms with Crippen LogP contribution in [0.5, 0.6) is 5.75 Å². The van der Waals surface area contributed by atoms with Crippen molar-refractivity contribution in [3.8, 4) is 5.75 Å². The molecule has 1 aromatic heterocycles. The first-order valence-electron chi connectivity index (χ1n) is 19.4. The molecule has 0 unspecified atom stereocenters. The zero-order chi connectivity index (χ0) is 45.2. The number of rotatable bonds is 24. The Labute approximate surface area is 360 Å². The predicted molar refractivity (Wildman–Crippen MR) is 229 cm³/mol. The van der Waals surface area contributed by atoms with Crippen LogP contribution in [0.15, 0.2) is 85.1 Å². The van der Waals surface area contributed by atoms with Crippen molar-refractivity contribution >= 4 is 70.0 Å². The van der Waals surface area contributed by atoms with E-state index in [4.69, 9.17) is 10.8 Å². The SMILES string of the molecule is CSCC[C@H](NC(=O)[C@H](Cc1c[nH]c2ccccc12)NC(=O)CNC(=O)[C@@H](N)Cc1ccc(O)cc1)C(=O)N[C@@H](CC(=O)O)C(=O)N[C@@H](Cc1ccccc1)C(=O)NCC(=O)O. The van der Waals surface area contributed by atoms with Gasteiger partial charge in [-0.25, -0.2) is 0 Å². The molecule has 0 saturated carbocycles. The Morgan fingerprint density at radius 2 is 1.21 bits per heavy atom. The van der Waals surface area contributed by atoms with E-state index >= 15 is 0 Å². The Bertz CT molecular complexity index is 2200. The van der Waals surface area contributed by atoms with Crippen molar-refractivity contribution in [3.63, 3.8) is 0 Å². The fourth-order valence-corrected chi connectivity index (χ4v) is 6.77. The van der Waals surface area contributed by atoms with E-state index in [9.17, 15) is 48.6 Å². The number of nitrogens with one attached hydrogen (secondary N) is 7. The Morgan fingerprint density at radius 3 is 1.89 bits per heavy atom. The fourth-order valence-electron chi connectivity index (χ4n) is 6.30. The van der Waals surface area contributed by atoms with Gasteiger partial charge in [-0.1, -0.05) is 60.7 Å². The van der Waals surface area contributed by atoms with Crippen molar-refractivity contribution in [1.29, 1.82) is 0 Å². The minimum Gasteiger partial charge on any atom is -0.508 e. The van der Waals surface area contributed by atoms with E-state index in [1.54, 1.807) is 61.0 Å². The lowest BCUT2D eigenvalue weighted by Crippen LogP contribution is -2.59. The van der Waals surface area contributed by atoms with Crippen molar-refractivity contribution < 1.29 is 53.7 Å². The first-order chi connectivity index (χ1) is 29.6. The zero-order valence-corrected chi connectivity index (χ0v) is 34.5. The predicted octanol–water partition coefficient (Wildman–Crippen LogP) is -0.287. The van der Waals surface area contributed by atoms with E-state index in [-0.39, 0.29) is 31.4 Å². The summed E-state index contributed by atoms with van der Waals surface area (Å²) in [5, 5.41) is 43.8. The number of aromatic hydroxyl groups is 1. The van der Waals surface area contributed by atoms with Crippen LogP contribution in [0, 0.1) is 0 Å². The maximum atomic E-state index is 14.1. The average Bonchev–Trinajstić information content (AvgIpc) is 3.65. The first kappa shape index (κ1) is 47.7. The van der Waals surface area contributed by atoms with Crippen molar-refractivity contribution in [2.75, 3.05) is 25.1 Å². The second kappa shape index (κ2) is 23.8. The summed E-state index contributed by atoms with van der Waals surface area (Å²) >= 11 is 1.34. The second-order valence-electron chi connectivity index (χ2n) is 14.2. The lowest BCUT2D eigenvalue weighted by molar-refractivity contribution is -0.142. The molecule has 12 N–H and O–H groups in total. The van der Waals surface area contributed by atoms with Crippen LogP contribution in [-0.2, 0) is 57.6 Å². The number of aliphatic carboxylic acids is 2. The normalized spacial score (nSPS) is 13.3. The third-order valence-electron chi connectivity index (χ3n) is 9.49. The molecule has 0 fully saturated rings. The summed E-state index contributed by atoms with van der Waals surface area (Å²) in [6.07, 6.45) is 2.47. The van der Waals surface area contributed by atoms with Gasteiger partial charge in [0.1, 0.15) is 36.5 Å². The van der Waals surface area contributed by atoms with E-state index in [0.717, 1.165) is 10.9 Å². The van der Waals surface area contributed by atoms with Crippen LogP contribution in [0.4, 0.5) is 0 Å². The number of carbonyl (C=O) groups excluding carboxylic acids is 6. The molecule has 0 aliphatic heterocycles. The van der Waals surface area contributed by atoms with Crippen molar-refractivity contribution in [2.24, 2.45) is 5.73 Å². The zero-order valence-electron chi connectivity index (χ0n) is 33.7. The molecule has 0 aliphatic rings. The van der Waals surface area contributed by atoms with Gasteiger partial charge in [0.2, 0.25) is 35.4 Å². The summed E-state index contributed by atoms with van der Waals surface area (Å²) in [7, 11) is 0. The highest BCUT2D eigenvalue weighted by atomic mass is 32.2.